The summed E-state index contributed by atoms with van der Waals surface area (Å²) in [5.74, 6) is 0. The van der Waals surface area contributed by atoms with Crippen LogP contribution in [0, 0.1) is 0 Å². The molecular weight excluding hydrogens is 255 g/mol. The standard InChI is InChI=1S/C14H20F3NO/c1-2-9-18-11-13(12-6-4-3-5-7-12)19-10-8-14(15,16)17/h3-7,13,18H,2,8-11H2,1H3. The molecule has 19 heavy (non-hydrogen) atoms. The minimum atomic E-state index is -4.17. The van der Waals surface area contributed by atoms with Crippen molar-refractivity contribution in [3.8, 4) is 0 Å². The monoisotopic (exact) mass is 275 g/mol. The Hall–Kier alpha value is -1.07. The van der Waals surface area contributed by atoms with Crippen LogP contribution in [0.5, 0.6) is 0 Å². The molecule has 2 nitrogen and oxygen atoms in total. The smallest absolute Gasteiger partial charge is 0.372 e. The lowest BCUT2D eigenvalue weighted by atomic mass is 10.1. The van der Waals surface area contributed by atoms with Gasteiger partial charge in [-0.2, -0.15) is 13.2 Å². The van der Waals surface area contributed by atoms with Gasteiger partial charge in [0.15, 0.2) is 0 Å². The fraction of sp³-hybridized carbons (Fsp3) is 0.571. The molecule has 0 bridgehead atoms. The molecule has 0 radical (unpaired) electrons. The molecule has 5 heteroatoms. The zero-order valence-corrected chi connectivity index (χ0v) is 11.0. The van der Waals surface area contributed by atoms with Crippen molar-refractivity contribution >= 4 is 0 Å². The van der Waals surface area contributed by atoms with Gasteiger partial charge in [0.05, 0.1) is 19.1 Å². The van der Waals surface area contributed by atoms with Gasteiger partial charge in [0, 0.05) is 6.54 Å². The van der Waals surface area contributed by atoms with Crippen LogP contribution in [-0.4, -0.2) is 25.9 Å². The van der Waals surface area contributed by atoms with Crippen molar-refractivity contribution in [3.05, 3.63) is 35.9 Å². The Bertz CT molecular complexity index is 340. The van der Waals surface area contributed by atoms with Crippen LogP contribution in [0.2, 0.25) is 0 Å². The van der Waals surface area contributed by atoms with Crippen LogP contribution in [0.15, 0.2) is 30.3 Å². The fourth-order valence-electron chi connectivity index (χ4n) is 1.67. The van der Waals surface area contributed by atoms with Gasteiger partial charge in [-0.05, 0) is 18.5 Å². The zero-order valence-electron chi connectivity index (χ0n) is 11.0. The second-order valence-electron chi connectivity index (χ2n) is 4.34. The lowest BCUT2D eigenvalue weighted by Gasteiger charge is -2.19. The van der Waals surface area contributed by atoms with Crippen molar-refractivity contribution in [1.29, 1.82) is 0 Å². The molecular formula is C14H20F3NO. The molecule has 1 atom stereocenters. The van der Waals surface area contributed by atoms with Gasteiger partial charge >= 0.3 is 6.18 Å². The largest absolute Gasteiger partial charge is 0.391 e. The highest BCUT2D eigenvalue weighted by Crippen LogP contribution is 2.22. The van der Waals surface area contributed by atoms with Crippen LogP contribution < -0.4 is 5.32 Å². The molecule has 1 unspecified atom stereocenters. The quantitative estimate of drug-likeness (QED) is 0.730. The third-order valence-corrected chi connectivity index (χ3v) is 2.63. The first kappa shape index (κ1) is 16.0. The molecule has 0 fully saturated rings. The predicted molar refractivity (Wildman–Crippen MR) is 69.0 cm³/mol. The first-order valence-corrected chi connectivity index (χ1v) is 6.47. The van der Waals surface area contributed by atoms with Crippen LogP contribution in [0.4, 0.5) is 13.2 Å². The fourth-order valence-corrected chi connectivity index (χ4v) is 1.67. The molecule has 0 saturated heterocycles. The zero-order chi connectivity index (χ0) is 14.1. The number of ether oxygens (including phenoxy) is 1. The molecule has 1 aromatic carbocycles. The van der Waals surface area contributed by atoms with Gasteiger partial charge < -0.3 is 10.1 Å². The van der Waals surface area contributed by atoms with Crippen LogP contribution >= 0.6 is 0 Å². The molecule has 0 aromatic heterocycles. The minimum absolute atomic E-state index is 0.309. The molecule has 0 aliphatic carbocycles. The number of rotatable bonds is 8. The molecule has 0 heterocycles. The lowest BCUT2D eigenvalue weighted by molar-refractivity contribution is -0.149. The summed E-state index contributed by atoms with van der Waals surface area (Å²) in [5, 5.41) is 3.18. The molecule has 1 aromatic rings. The minimum Gasteiger partial charge on any atom is -0.372 e. The van der Waals surface area contributed by atoms with Crippen LogP contribution in [0.1, 0.15) is 31.4 Å². The maximum absolute atomic E-state index is 12.1. The summed E-state index contributed by atoms with van der Waals surface area (Å²) in [6.07, 6.45) is -4.44. The molecule has 108 valence electrons. The summed E-state index contributed by atoms with van der Waals surface area (Å²) in [6, 6.07) is 9.32. The van der Waals surface area contributed by atoms with Crippen molar-refractivity contribution in [3.63, 3.8) is 0 Å². The average Bonchev–Trinajstić information content (AvgIpc) is 2.37. The van der Waals surface area contributed by atoms with E-state index in [4.69, 9.17) is 4.74 Å². The summed E-state index contributed by atoms with van der Waals surface area (Å²) in [6.45, 7) is 3.08. The van der Waals surface area contributed by atoms with E-state index < -0.39 is 12.6 Å². The summed E-state index contributed by atoms with van der Waals surface area (Å²) >= 11 is 0. The van der Waals surface area contributed by atoms with Crippen molar-refractivity contribution in [2.24, 2.45) is 0 Å². The maximum atomic E-state index is 12.1. The van der Waals surface area contributed by atoms with Crippen LogP contribution in [0.3, 0.4) is 0 Å². The third kappa shape index (κ3) is 7.18. The van der Waals surface area contributed by atoms with Crippen molar-refractivity contribution in [1.82, 2.24) is 5.32 Å². The van der Waals surface area contributed by atoms with E-state index in [0.29, 0.717) is 6.54 Å². The van der Waals surface area contributed by atoms with Gasteiger partial charge in [0.1, 0.15) is 0 Å². The summed E-state index contributed by atoms with van der Waals surface area (Å²) in [7, 11) is 0. The van der Waals surface area contributed by atoms with E-state index in [0.717, 1.165) is 18.5 Å². The van der Waals surface area contributed by atoms with Gasteiger partial charge in [-0.15, -0.1) is 0 Å². The average molecular weight is 275 g/mol. The van der Waals surface area contributed by atoms with Crippen LogP contribution in [-0.2, 0) is 4.74 Å². The summed E-state index contributed by atoms with van der Waals surface area (Å²) < 4.78 is 41.7. The maximum Gasteiger partial charge on any atom is 0.391 e. The molecule has 0 amide bonds. The predicted octanol–water partition coefficient (Wildman–Crippen LogP) is 3.70. The number of nitrogens with one attached hydrogen (secondary N) is 1. The highest BCUT2D eigenvalue weighted by Gasteiger charge is 2.27. The van der Waals surface area contributed by atoms with E-state index >= 15 is 0 Å². The van der Waals surface area contributed by atoms with Gasteiger partial charge in [0.25, 0.3) is 0 Å². The summed E-state index contributed by atoms with van der Waals surface area (Å²) in [4.78, 5) is 0. The molecule has 0 aliphatic rings. The summed E-state index contributed by atoms with van der Waals surface area (Å²) in [5.41, 5.74) is 0.897. The Balaban J connectivity index is 2.50. The first-order valence-electron chi connectivity index (χ1n) is 6.47. The SMILES string of the molecule is CCCNCC(OCCC(F)(F)F)c1ccccc1. The van der Waals surface area contributed by atoms with E-state index in [9.17, 15) is 13.2 Å². The van der Waals surface area contributed by atoms with E-state index in [1.54, 1.807) is 0 Å². The molecule has 0 saturated carbocycles. The second-order valence-corrected chi connectivity index (χ2v) is 4.34. The number of hydrogen-bond donors (Lipinski definition) is 1. The van der Waals surface area contributed by atoms with E-state index in [2.05, 4.69) is 5.32 Å². The Kier molecular flexibility index (Phi) is 6.87. The number of alkyl halides is 3. The highest BCUT2D eigenvalue weighted by atomic mass is 19.4. The molecule has 0 aliphatic heterocycles. The Morgan fingerprint density at radius 2 is 1.89 bits per heavy atom. The van der Waals surface area contributed by atoms with Crippen molar-refractivity contribution in [2.75, 3.05) is 19.7 Å². The highest BCUT2D eigenvalue weighted by molar-refractivity contribution is 5.17. The Morgan fingerprint density at radius 3 is 2.47 bits per heavy atom. The molecule has 1 N–H and O–H groups in total. The van der Waals surface area contributed by atoms with Gasteiger partial charge in [-0.25, -0.2) is 0 Å². The van der Waals surface area contributed by atoms with Crippen molar-refractivity contribution < 1.29 is 17.9 Å². The van der Waals surface area contributed by atoms with Gasteiger partial charge in [0.2, 0.25) is 0 Å². The number of halogens is 3. The normalized spacial score (nSPS) is 13.5. The van der Waals surface area contributed by atoms with Gasteiger partial charge in [-0.1, -0.05) is 37.3 Å². The van der Waals surface area contributed by atoms with E-state index in [1.807, 2.05) is 37.3 Å². The Morgan fingerprint density at radius 1 is 1.21 bits per heavy atom. The third-order valence-electron chi connectivity index (χ3n) is 2.63. The van der Waals surface area contributed by atoms with E-state index in [-0.39, 0.29) is 12.7 Å². The lowest BCUT2D eigenvalue weighted by Crippen LogP contribution is -2.25. The Labute approximate surface area is 112 Å². The topological polar surface area (TPSA) is 21.3 Å². The number of benzene rings is 1. The first-order chi connectivity index (χ1) is 9.03. The second kappa shape index (κ2) is 8.17. The molecule has 0 spiro atoms. The molecule has 1 rings (SSSR count). The van der Waals surface area contributed by atoms with Crippen molar-refractivity contribution in [2.45, 2.75) is 32.0 Å². The van der Waals surface area contributed by atoms with Gasteiger partial charge in [-0.3, -0.25) is 0 Å². The van der Waals surface area contributed by atoms with Crippen LogP contribution in [0.25, 0.3) is 0 Å². The number of hydrogen-bond acceptors (Lipinski definition) is 2. The van der Waals surface area contributed by atoms with E-state index in [1.165, 1.54) is 0 Å².